The standard InChI is InChI=1S/C15H24Cl2N2O.2ClH/c1-4-19(5-2)8-7-18-11-12-9-13(16)15(20-6-3)14(17)10-12;;/h9-10,18H,4-8,11H2,1-3H3;2*1H. The number of ether oxygens (including phenoxy) is 1. The van der Waals surface area contributed by atoms with Crippen LogP contribution in [0.3, 0.4) is 0 Å². The highest BCUT2D eigenvalue weighted by Crippen LogP contribution is 2.34. The Morgan fingerprint density at radius 2 is 1.59 bits per heavy atom. The zero-order valence-electron chi connectivity index (χ0n) is 13.3. The van der Waals surface area contributed by atoms with Crippen LogP contribution in [0.4, 0.5) is 0 Å². The van der Waals surface area contributed by atoms with E-state index in [1.165, 1.54) is 0 Å². The SMILES string of the molecule is CCOc1c(Cl)cc(CNCCN(CC)CC)cc1Cl.Cl.Cl. The first-order valence-electron chi connectivity index (χ1n) is 7.16. The van der Waals surface area contributed by atoms with Crippen molar-refractivity contribution in [2.24, 2.45) is 0 Å². The number of hydrogen-bond donors (Lipinski definition) is 1. The Balaban J connectivity index is 0. The van der Waals surface area contributed by atoms with Crippen LogP contribution in [-0.2, 0) is 6.54 Å². The van der Waals surface area contributed by atoms with Crippen molar-refractivity contribution in [2.75, 3.05) is 32.8 Å². The molecule has 3 nitrogen and oxygen atoms in total. The summed E-state index contributed by atoms with van der Waals surface area (Å²) in [6.07, 6.45) is 0. The molecule has 0 saturated carbocycles. The molecule has 1 N–H and O–H groups in total. The van der Waals surface area contributed by atoms with E-state index in [-0.39, 0.29) is 24.8 Å². The van der Waals surface area contributed by atoms with Gasteiger partial charge in [-0.15, -0.1) is 24.8 Å². The molecule has 0 aromatic heterocycles. The topological polar surface area (TPSA) is 24.5 Å². The van der Waals surface area contributed by atoms with Crippen LogP contribution in [0.5, 0.6) is 5.75 Å². The van der Waals surface area contributed by atoms with E-state index in [1.807, 2.05) is 19.1 Å². The molecular formula is C15H26Cl4N2O. The maximum Gasteiger partial charge on any atom is 0.156 e. The molecule has 0 aliphatic rings. The summed E-state index contributed by atoms with van der Waals surface area (Å²) in [6, 6.07) is 3.81. The molecule has 0 aliphatic carbocycles. The van der Waals surface area contributed by atoms with E-state index in [2.05, 4.69) is 24.1 Å². The van der Waals surface area contributed by atoms with Crippen molar-refractivity contribution < 1.29 is 4.74 Å². The number of halogens is 4. The largest absolute Gasteiger partial charge is 0.491 e. The van der Waals surface area contributed by atoms with Gasteiger partial charge < -0.3 is 15.0 Å². The Labute approximate surface area is 156 Å². The molecule has 0 radical (unpaired) electrons. The summed E-state index contributed by atoms with van der Waals surface area (Å²) in [4.78, 5) is 2.38. The molecule has 0 unspecified atom stereocenters. The third-order valence-corrected chi connectivity index (χ3v) is 3.74. The zero-order valence-corrected chi connectivity index (χ0v) is 16.5. The van der Waals surface area contributed by atoms with E-state index in [4.69, 9.17) is 27.9 Å². The third kappa shape index (κ3) is 8.09. The second kappa shape index (κ2) is 13.5. The predicted molar refractivity (Wildman–Crippen MR) is 102 cm³/mol. The minimum atomic E-state index is 0. The Bertz CT molecular complexity index is 392. The summed E-state index contributed by atoms with van der Waals surface area (Å²) in [5.74, 6) is 0.572. The molecule has 0 atom stereocenters. The molecule has 0 heterocycles. The molecule has 0 amide bonds. The van der Waals surface area contributed by atoms with Gasteiger partial charge in [-0.3, -0.25) is 0 Å². The van der Waals surface area contributed by atoms with Gasteiger partial charge >= 0.3 is 0 Å². The first kappa shape index (κ1) is 24.4. The fraction of sp³-hybridized carbons (Fsp3) is 0.600. The van der Waals surface area contributed by atoms with E-state index >= 15 is 0 Å². The number of nitrogens with zero attached hydrogens (tertiary/aromatic N) is 1. The van der Waals surface area contributed by atoms with Crippen molar-refractivity contribution in [3.05, 3.63) is 27.7 Å². The average Bonchev–Trinajstić information content (AvgIpc) is 2.43. The van der Waals surface area contributed by atoms with Crippen molar-refractivity contribution in [1.82, 2.24) is 10.2 Å². The molecule has 1 rings (SSSR count). The Morgan fingerprint density at radius 1 is 1.05 bits per heavy atom. The van der Waals surface area contributed by atoms with Crippen LogP contribution in [0.2, 0.25) is 10.0 Å². The molecule has 0 fully saturated rings. The lowest BCUT2D eigenvalue weighted by atomic mass is 10.2. The molecule has 130 valence electrons. The number of nitrogens with one attached hydrogen (secondary N) is 1. The fourth-order valence-corrected chi connectivity index (χ4v) is 2.65. The van der Waals surface area contributed by atoms with Gasteiger partial charge in [-0.1, -0.05) is 37.0 Å². The van der Waals surface area contributed by atoms with Crippen molar-refractivity contribution in [3.8, 4) is 5.75 Å². The van der Waals surface area contributed by atoms with Gasteiger partial charge in [-0.05, 0) is 37.7 Å². The van der Waals surface area contributed by atoms with E-state index < -0.39 is 0 Å². The van der Waals surface area contributed by atoms with Crippen LogP contribution in [0.15, 0.2) is 12.1 Å². The number of rotatable bonds is 9. The van der Waals surface area contributed by atoms with Crippen molar-refractivity contribution in [1.29, 1.82) is 0 Å². The van der Waals surface area contributed by atoms with Gasteiger partial charge in [0.1, 0.15) is 0 Å². The smallest absolute Gasteiger partial charge is 0.156 e. The summed E-state index contributed by atoms with van der Waals surface area (Å²) >= 11 is 12.4. The predicted octanol–water partition coefficient (Wildman–Crippen LogP) is 4.67. The highest BCUT2D eigenvalue weighted by atomic mass is 35.5. The van der Waals surface area contributed by atoms with Crippen LogP contribution < -0.4 is 10.1 Å². The van der Waals surface area contributed by atoms with Crippen LogP contribution in [0.25, 0.3) is 0 Å². The summed E-state index contributed by atoms with van der Waals surface area (Å²) in [6.45, 7) is 11.7. The van der Waals surface area contributed by atoms with E-state index in [9.17, 15) is 0 Å². The van der Waals surface area contributed by atoms with Gasteiger partial charge in [0, 0.05) is 19.6 Å². The summed E-state index contributed by atoms with van der Waals surface area (Å²) in [5.41, 5.74) is 1.07. The quantitative estimate of drug-likeness (QED) is 0.619. The summed E-state index contributed by atoms with van der Waals surface area (Å²) < 4.78 is 5.42. The molecule has 0 spiro atoms. The average molecular weight is 392 g/mol. The van der Waals surface area contributed by atoms with Crippen molar-refractivity contribution in [3.63, 3.8) is 0 Å². The molecule has 0 saturated heterocycles. The normalized spacial score (nSPS) is 10.1. The highest BCUT2D eigenvalue weighted by Gasteiger charge is 2.09. The Hall–Kier alpha value is 0.1000. The number of hydrogen-bond acceptors (Lipinski definition) is 3. The third-order valence-electron chi connectivity index (χ3n) is 3.18. The minimum absolute atomic E-state index is 0. The van der Waals surface area contributed by atoms with Gasteiger partial charge in [0.2, 0.25) is 0 Å². The molecule has 22 heavy (non-hydrogen) atoms. The molecule has 0 aliphatic heterocycles. The summed E-state index contributed by atoms with van der Waals surface area (Å²) in [7, 11) is 0. The molecule has 0 bridgehead atoms. The lowest BCUT2D eigenvalue weighted by Gasteiger charge is -2.18. The van der Waals surface area contributed by atoms with Gasteiger partial charge in [-0.2, -0.15) is 0 Å². The highest BCUT2D eigenvalue weighted by molar-refractivity contribution is 6.37. The van der Waals surface area contributed by atoms with Crippen LogP contribution in [0, 0.1) is 0 Å². The molecule has 1 aromatic carbocycles. The lowest BCUT2D eigenvalue weighted by molar-refractivity contribution is 0.302. The van der Waals surface area contributed by atoms with Gasteiger partial charge in [0.05, 0.1) is 16.7 Å². The van der Waals surface area contributed by atoms with Gasteiger partial charge in [-0.25, -0.2) is 0 Å². The molecular weight excluding hydrogens is 366 g/mol. The van der Waals surface area contributed by atoms with Crippen molar-refractivity contribution >= 4 is 48.0 Å². The lowest BCUT2D eigenvalue weighted by Crippen LogP contribution is -2.31. The molecule has 1 aromatic rings. The summed E-state index contributed by atoms with van der Waals surface area (Å²) in [5, 5.41) is 4.55. The number of likely N-dealkylation sites (N-methyl/N-ethyl adjacent to an activating group) is 1. The second-order valence-electron chi connectivity index (χ2n) is 4.53. The van der Waals surface area contributed by atoms with Crippen LogP contribution >= 0.6 is 48.0 Å². The fourth-order valence-electron chi connectivity index (χ4n) is 2.01. The Morgan fingerprint density at radius 3 is 2.05 bits per heavy atom. The molecule has 7 heteroatoms. The Kier molecular flexibility index (Phi) is 15.0. The first-order valence-corrected chi connectivity index (χ1v) is 7.91. The van der Waals surface area contributed by atoms with E-state index in [0.717, 1.165) is 38.3 Å². The van der Waals surface area contributed by atoms with Crippen LogP contribution in [-0.4, -0.2) is 37.7 Å². The van der Waals surface area contributed by atoms with Gasteiger partial charge in [0.25, 0.3) is 0 Å². The van der Waals surface area contributed by atoms with Crippen LogP contribution in [0.1, 0.15) is 26.3 Å². The first-order chi connectivity index (χ1) is 9.62. The zero-order chi connectivity index (χ0) is 15.0. The van der Waals surface area contributed by atoms with Crippen molar-refractivity contribution in [2.45, 2.75) is 27.3 Å². The number of benzene rings is 1. The minimum Gasteiger partial charge on any atom is -0.491 e. The van der Waals surface area contributed by atoms with E-state index in [0.29, 0.717) is 22.4 Å². The maximum absolute atomic E-state index is 6.18. The maximum atomic E-state index is 6.18. The van der Waals surface area contributed by atoms with Gasteiger partial charge in [0.15, 0.2) is 5.75 Å². The second-order valence-corrected chi connectivity index (χ2v) is 5.34. The van der Waals surface area contributed by atoms with E-state index in [1.54, 1.807) is 0 Å². The monoisotopic (exact) mass is 390 g/mol.